The maximum Gasteiger partial charge on any atom is 0.338 e. The Kier molecular flexibility index (Phi) is 7.72. The lowest BCUT2D eigenvalue weighted by molar-refractivity contribution is 0.0600. The number of urea groups is 1. The van der Waals surface area contributed by atoms with Crippen molar-refractivity contribution in [1.29, 1.82) is 0 Å². The van der Waals surface area contributed by atoms with Crippen molar-refractivity contribution in [1.82, 2.24) is 14.5 Å². The third kappa shape index (κ3) is 5.70. The van der Waals surface area contributed by atoms with E-state index in [4.69, 9.17) is 0 Å². The fourth-order valence-electron chi connectivity index (χ4n) is 3.31. The summed E-state index contributed by atoms with van der Waals surface area (Å²) in [5, 5.41) is 6.85. The van der Waals surface area contributed by atoms with Crippen LogP contribution in [0.1, 0.15) is 34.6 Å². The normalized spacial score (nSPS) is 14.7. The summed E-state index contributed by atoms with van der Waals surface area (Å²) in [5.41, 5.74) is 0.888. The van der Waals surface area contributed by atoms with Crippen molar-refractivity contribution in [2.75, 3.05) is 38.6 Å². The average molecular weight is 495 g/mol. The van der Waals surface area contributed by atoms with E-state index in [1.807, 2.05) is 13.8 Å². The summed E-state index contributed by atoms with van der Waals surface area (Å²) < 4.78 is 31.9. The predicted molar refractivity (Wildman–Crippen MR) is 124 cm³/mol. The van der Waals surface area contributed by atoms with Crippen LogP contribution in [0.4, 0.5) is 10.5 Å². The van der Waals surface area contributed by atoms with Crippen LogP contribution >= 0.6 is 11.3 Å². The molecule has 1 fully saturated rings. The fraction of sp³-hybridized carbons (Fsp3) is 0.381. The molecule has 0 bridgehead atoms. The van der Waals surface area contributed by atoms with Gasteiger partial charge >= 0.3 is 12.0 Å². The first-order valence-corrected chi connectivity index (χ1v) is 12.6. The van der Waals surface area contributed by atoms with E-state index < -0.39 is 22.0 Å². The van der Waals surface area contributed by atoms with Crippen molar-refractivity contribution >= 4 is 45.0 Å². The SMILES string of the molecule is COC(=O)c1csc(S(=O)(=O)N2CCN(C(=O)c3ccccc3NC(=O)NC(C)C)CC2)c1. The van der Waals surface area contributed by atoms with Gasteiger partial charge in [-0.25, -0.2) is 18.0 Å². The number of piperazine rings is 1. The molecule has 1 aromatic heterocycles. The number of thiophene rings is 1. The van der Waals surface area contributed by atoms with E-state index in [1.165, 1.54) is 22.9 Å². The van der Waals surface area contributed by atoms with E-state index in [0.29, 0.717) is 11.3 Å². The van der Waals surface area contributed by atoms with Crippen LogP contribution in [0, 0.1) is 0 Å². The van der Waals surface area contributed by atoms with E-state index in [9.17, 15) is 22.8 Å². The fourth-order valence-corrected chi connectivity index (χ4v) is 6.03. The molecule has 10 nitrogen and oxygen atoms in total. The van der Waals surface area contributed by atoms with E-state index in [2.05, 4.69) is 15.4 Å². The number of benzene rings is 1. The number of hydrogen-bond donors (Lipinski definition) is 2. The Labute approximate surface area is 196 Å². The maximum absolute atomic E-state index is 13.1. The van der Waals surface area contributed by atoms with Gasteiger partial charge in [0.15, 0.2) is 0 Å². The Bertz CT molecular complexity index is 1140. The maximum atomic E-state index is 13.1. The second-order valence-electron chi connectivity index (χ2n) is 7.64. The van der Waals surface area contributed by atoms with Gasteiger partial charge in [-0.2, -0.15) is 4.31 Å². The van der Waals surface area contributed by atoms with Crippen LogP contribution in [0.5, 0.6) is 0 Å². The number of methoxy groups -OCH3 is 1. The molecular weight excluding hydrogens is 468 g/mol. The van der Waals surface area contributed by atoms with Crippen molar-refractivity contribution < 1.29 is 27.5 Å². The standard InChI is InChI=1S/C21H26N4O6S2/c1-14(2)22-21(28)23-17-7-5-4-6-16(17)19(26)24-8-10-25(11-9-24)33(29,30)18-12-15(13-32-18)20(27)31-3/h4-7,12-14H,8-11H2,1-3H3,(H2,22,23,28). The van der Waals surface area contributed by atoms with Gasteiger partial charge < -0.3 is 20.3 Å². The summed E-state index contributed by atoms with van der Waals surface area (Å²) in [5.74, 6) is -0.894. The van der Waals surface area contributed by atoms with Crippen LogP contribution in [0.25, 0.3) is 0 Å². The average Bonchev–Trinajstić information content (AvgIpc) is 3.29. The number of nitrogens with one attached hydrogen (secondary N) is 2. The summed E-state index contributed by atoms with van der Waals surface area (Å²) in [7, 11) is -2.56. The minimum absolute atomic E-state index is 0.0494. The summed E-state index contributed by atoms with van der Waals surface area (Å²) in [4.78, 5) is 38.4. The van der Waals surface area contributed by atoms with Crippen LogP contribution in [0.15, 0.2) is 39.9 Å². The van der Waals surface area contributed by atoms with E-state index in [1.54, 1.807) is 29.2 Å². The Morgan fingerprint density at radius 1 is 1.09 bits per heavy atom. The molecule has 0 radical (unpaired) electrons. The minimum Gasteiger partial charge on any atom is -0.465 e. The van der Waals surface area contributed by atoms with Crippen molar-refractivity contribution in [2.45, 2.75) is 24.1 Å². The second-order valence-corrected chi connectivity index (χ2v) is 10.7. The molecule has 3 amide bonds. The molecule has 1 aliphatic heterocycles. The van der Waals surface area contributed by atoms with Crippen LogP contribution < -0.4 is 10.6 Å². The quantitative estimate of drug-likeness (QED) is 0.593. The predicted octanol–water partition coefficient (Wildman–Crippen LogP) is 2.21. The molecule has 2 aromatic rings. The largest absolute Gasteiger partial charge is 0.465 e. The van der Waals surface area contributed by atoms with E-state index in [0.717, 1.165) is 11.3 Å². The molecular formula is C21H26N4O6S2. The van der Waals surface area contributed by atoms with E-state index >= 15 is 0 Å². The number of carbonyl (C=O) groups excluding carboxylic acids is 3. The molecule has 0 atom stereocenters. The number of esters is 1. The number of nitrogens with zero attached hydrogens (tertiary/aromatic N) is 2. The molecule has 1 aromatic carbocycles. The lowest BCUT2D eigenvalue weighted by Crippen LogP contribution is -2.50. The van der Waals surface area contributed by atoms with Crippen LogP contribution in [0.2, 0.25) is 0 Å². The lowest BCUT2D eigenvalue weighted by atomic mass is 10.1. The zero-order chi connectivity index (χ0) is 24.2. The zero-order valence-corrected chi connectivity index (χ0v) is 20.2. The molecule has 33 heavy (non-hydrogen) atoms. The van der Waals surface area contributed by atoms with Crippen molar-refractivity contribution in [2.24, 2.45) is 0 Å². The molecule has 0 aliphatic carbocycles. The number of para-hydroxylation sites is 1. The summed E-state index contributed by atoms with van der Waals surface area (Å²) in [6, 6.07) is 7.51. The van der Waals surface area contributed by atoms with Gasteiger partial charge in [0.25, 0.3) is 15.9 Å². The van der Waals surface area contributed by atoms with Gasteiger partial charge in [0.05, 0.1) is 23.9 Å². The Morgan fingerprint density at radius 3 is 2.39 bits per heavy atom. The van der Waals surface area contributed by atoms with Crippen LogP contribution in [-0.2, 0) is 14.8 Å². The highest BCUT2D eigenvalue weighted by molar-refractivity contribution is 7.91. The van der Waals surface area contributed by atoms with Crippen molar-refractivity contribution in [3.63, 3.8) is 0 Å². The third-order valence-corrected chi connectivity index (χ3v) is 8.26. The van der Waals surface area contributed by atoms with Gasteiger partial charge in [0, 0.05) is 37.6 Å². The molecule has 0 unspecified atom stereocenters. The highest BCUT2D eigenvalue weighted by Gasteiger charge is 2.32. The van der Waals surface area contributed by atoms with Gasteiger partial charge in [-0.1, -0.05) is 12.1 Å². The van der Waals surface area contributed by atoms with Crippen molar-refractivity contribution in [3.8, 4) is 0 Å². The van der Waals surface area contributed by atoms with E-state index in [-0.39, 0.29) is 47.9 Å². The van der Waals surface area contributed by atoms with Gasteiger partial charge in [-0.3, -0.25) is 4.79 Å². The number of hydrogen-bond acceptors (Lipinski definition) is 7. The van der Waals surface area contributed by atoms with Crippen LogP contribution in [-0.4, -0.2) is 74.9 Å². The van der Waals surface area contributed by atoms with Gasteiger partial charge in [-0.15, -0.1) is 11.3 Å². The first-order valence-electron chi connectivity index (χ1n) is 10.3. The Morgan fingerprint density at radius 2 is 1.76 bits per heavy atom. The minimum atomic E-state index is -3.79. The first-order chi connectivity index (χ1) is 15.6. The number of amides is 3. The molecule has 178 valence electrons. The first kappa shape index (κ1) is 24.7. The molecule has 1 saturated heterocycles. The summed E-state index contributed by atoms with van der Waals surface area (Å²) in [6.45, 7) is 4.28. The number of ether oxygens (including phenoxy) is 1. The van der Waals surface area contributed by atoms with Crippen LogP contribution in [0.3, 0.4) is 0 Å². The number of anilines is 1. The molecule has 12 heteroatoms. The lowest BCUT2D eigenvalue weighted by Gasteiger charge is -2.34. The molecule has 0 saturated carbocycles. The monoisotopic (exact) mass is 494 g/mol. The number of sulfonamides is 1. The molecule has 3 rings (SSSR count). The zero-order valence-electron chi connectivity index (χ0n) is 18.5. The third-order valence-electron chi connectivity index (χ3n) is 4.94. The summed E-state index contributed by atoms with van der Waals surface area (Å²) >= 11 is 0.952. The highest BCUT2D eigenvalue weighted by atomic mass is 32.2. The highest BCUT2D eigenvalue weighted by Crippen LogP contribution is 2.26. The van der Waals surface area contributed by atoms with Gasteiger partial charge in [0.2, 0.25) is 0 Å². The molecule has 1 aliphatic rings. The Balaban J connectivity index is 1.68. The molecule has 2 N–H and O–H groups in total. The van der Waals surface area contributed by atoms with Crippen molar-refractivity contribution in [3.05, 3.63) is 46.8 Å². The number of carbonyl (C=O) groups is 3. The van der Waals surface area contributed by atoms with Gasteiger partial charge in [0.1, 0.15) is 4.21 Å². The molecule has 0 spiro atoms. The molecule has 2 heterocycles. The Hall–Kier alpha value is -2.96. The summed E-state index contributed by atoms with van der Waals surface area (Å²) in [6.07, 6.45) is 0. The van der Waals surface area contributed by atoms with Gasteiger partial charge in [-0.05, 0) is 32.0 Å². The second kappa shape index (κ2) is 10.3. The smallest absolute Gasteiger partial charge is 0.338 e. The topological polar surface area (TPSA) is 125 Å². The number of rotatable bonds is 6.